The number of carbonyl (C=O) groups is 2. The monoisotopic (exact) mass is 1150 g/mol. The normalized spacial score (nSPS) is 14.4. The van der Waals surface area contributed by atoms with Crippen LogP contribution in [0.1, 0.15) is 265 Å². The molecule has 81 heavy (non-hydrogen) atoms. The number of unbranched alkanes of at least 4 members (excludes halogenated alkanes) is 24. The number of nitrogens with zero attached hydrogens (tertiary/aromatic N) is 1. The number of phosphoric acid groups is 1. The van der Waals surface area contributed by atoms with E-state index in [9.17, 15) is 19.0 Å². The van der Waals surface area contributed by atoms with Gasteiger partial charge in [0.2, 0.25) is 5.91 Å². The molecule has 0 heterocycles. The summed E-state index contributed by atoms with van der Waals surface area (Å²) in [6.07, 6.45) is 83.4. The van der Waals surface area contributed by atoms with Gasteiger partial charge in [0.1, 0.15) is 19.3 Å². The maximum Gasteiger partial charge on any atom is 0.472 e. The van der Waals surface area contributed by atoms with E-state index in [1.54, 1.807) is 0 Å². The standard InChI is InChI=1S/C71H123N2O7P/c1-7-10-13-16-19-22-25-27-29-31-33-34-35-36-37-38-40-42-44-46-49-52-55-58-61-64-71(75)80-69(62-59-56-53-50-47-24-21-18-15-12-9-3)68(67-79-81(76,77)78-66-65-73(4,5)6)72-70(74)63-60-57-54-51-48-45-43-41-39-32-30-28-26-23-20-17-14-11-8-2/h10,13,19-20,22-23,27-30,33-34,36-37,39-42,59,62,68-69H,7-9,11-12,14-18,21,24-26,31-32,35,38,43-58,60-61,63-67H2,1-6H3,(H-,72,74,76,77)/p+1/b13-10-,22-19-,23-20-,29-27-,30-28-,34-33-,37-36-,41-39-,42-40-,62-59-. The van der Waals surface area contributed by atoms with Crippen LogP contribution in [0.5, 0.6) is 0 Å². The second kappa shape index (κ2) is 59.6. The number of ether oxygens (including phenoxy) is 1. The van der Waals surface area contributed by atoms with E-state index in [2.05, 4.69) is 135 Å². The first-order valence-corrected chi connectivity index (χ1v) is 34.4. The molecule has 0 aromatic carbocycles. The van der Waals surface area contributed by atoms with E-state index in [4.69, 9.17) is 13.8 Å². The first kappa shape index (κ1) is 77.4. The average molecular weight is 1150 g/mol. The highest BCUT2D eigenvalue weighted by Crippen LogP contribution is 2.43. The molecule has 0 fully saturated rings. The van der Waals surface area contributed by atoms with E-state index >= 15 is 0 Å². The molecule has 2 N–H and O–H groups in total. The van der Waals surface area contributed by atoms with Gasteiger partial charge in [-0.2, -0.15) is 0 Å². The van der Waals surface area contributed by atoms with Gasteiger partial charge >= 0.3 is 13.8 Å². The first-order valence-electron chi connectivity index (χ1n) is 32.9. The van der Waals surface area contributed by atoms with Crippen molar-refractivity contribution >= 4 is 19.7 Å². The van der Waals surface area contributed by atoms with Crippen LogP contribution in [-0.2, 0) is 27.9 Å². The van der Waals surface area contributed by atoms with E-state index in [0.717, 1.165) is 154 Å². The van der Waals surface area contributed by atoms with Gasteiger partial charge in [-0.1, -0.05) is 252 Å². The lowest BCUT2D eigenvalue weighted by Crippen LogP contribution is -2.47. The zero-order valence-corrected chi connectivity index (χ0v) is 53.9. The number of phosphoric ester groups is 1. The summed E-state index contributed by atoms with van der Waals surface area (Å²) in [4.78, 5) is 37.8. The van der Waals surface area contributed by atoms with Gasteiger partial charge in [0.05, 0.1) is 33.8 Å². The summed E-state index contributed by atoms with van der Waals surface area (Å²) in [5, 5.41) is 3.05. The minimum atomic E-state index is -4.47. The Hall–Kier alpha value is -3.59. The van der Waals surface area contributed by atoms with Crippen molar-refractivity contribution in [2.45, 2.75) is 277 Å². The van der Waals surface area contributed by atoms with Crippen LogP contribution >= 0.6 is 7.82 Å². The summed E-state index contributed by atoms with van der Waals surface area (Å²) in [6.45, 7) is 6.84. The highest BCUT2D eigenvalue weighted by atomic mass is 31.2. The van der Waals surface area contributed by atoms with Gasteiger partial charge in [-0.25, -0.2) is 4.57 Å². The largest absolute Gasteiger partial charge is 0.472 e. The van der Waals surface area contributed by atoms with Crippen LogP contribution in [0, 0.1) is 0 Å². The molecule has 0 spiro atoms. The van der Waals surface area contributed by atoms with Crippen LogP contribution < -0.4 is 5.32 Å². The molecule has 0 aromatic rings. The lowest BCUT2D eigenvalue weighted by molar-refractivity contribution is -0.870. The summed E-state index contributed by atoms with van der Waals surface area (Å²) >= 11 is 0. The Balaban J connectivity index is 5.20. The number of hydrogen-bond acceptors (Lipinski definition) is 6. The molecule has 0 radical (unpaired) electrons. The van der Waals surface area contributed by atoms with Crippen molar-refractivity contribution in [1.82, 2.24) is 5.32 Å². The van der Waals surface area contributed by atoms with Crippen molar-refractivity contribution in [2.24, 2.45) is 0 Å². The summed E-state index contributed by atoms with van der Waals surface area (Å²) in [5.74, 6) is -0.543. The maximum atomic E-state index is 13.6. The molecular formula is C71H124N2O7P+. The maximum absolute atomic E-state index is 13.6. The summed E-state index contributed by atoms with van der Waals surface area (Å²) < 4.78 is 30.7. The van der Waals surface area contributed by atoms with E-state index in [-0.39, 0.29) is 31.5 Å². The highest BCUT2D eigenvalue weighted by Gasteiger charge is 2.30. The molecule has 0 aliphatic carbocycles. The zero-order valence-electron chi connectivity index (χ0n) is 53.0. The number of amides is 1. The summed E-state index contributed by atoms with van der Waals surface area (Å²) in [5.41, 5.74) is 0. The molecule has 1 amide bonds. The first-order chi connectivity index (χ1) is 39.4. The van der Waals surface area contributed by atoms with Crippen molar-refractivity contribution in [3.63, 3.8) is 0 Å². The number of carbonyl (C=O) groups excluding carboxylic acids is 2. The molecule has 0 saturated heterocycles. The Kier molecular flexibility index (Phi) is 56.9. The summed E-state index contributed by atoms with van der Waals surface area (Å²) in [6, 6.07) is -0.870. The quantitative estimate of drug-likeness (QED) is 0.0205. The third-order valence-corrected chi connectivity index (χ3v) is 14.9. The Morgan fingerprint density at radius 2 is 0.790 bits per heavy atom. The van der Waals surface area contributed by atoms with Crippen LogP contribution in [0.15, 0.2) is 122 Å². The van der Waals surface area contributed by atoms with Crippen molar-refractivity contribution in [3.8, 4) is 0 Å². The minimum Gasteiger partial charge on any atom is -0.456 e. The summed E-state index contributed by atoms with van der Waals surface area (Å²) in [7, 11) is 1.46. The van der Waals surface area contributed by atoms with Crippen molar-refractivity contribution in [3.05, 3.63) is 122 Å². The SMILES string of the molecule is CC/C=C\C/C=C\C/C=C\C/C=C\C/C=C\C/C=C\CCCCCCCCC(=O)OC(/C=C\CCCCCCCCCCC)C(COP(=O)(O)OCC[N+](C)(C)C)NC(=O)CCCCCCCC/C=C\C/C=C\C/C=C\CCCCC. The fraction of sp³-hybridized carbons (Fsp3) is 0.690. The molecule has 3 atom stereocenters. The van der Waals surface area contributed by atoms with Crippen LogP contribution in [0.3, 0.4) is 0 Å². The number of nitrogens with one attached hydrogen (secondary N) is 1. The van der Waals surface area contributed by atoms with Gasteiger partial charge in [0.25, 0.3) is 0 Å². The molecule has 0 aliphatic heterocycles. The number of quaternary nitrogens is 1. The number of hydrogen-bond donors (Lipinski definition) is 2. The Morgan fingerprint density at radius 3 is 1.21 bits per heavy atom. The average Bonchev–Trinajstić information content (AvgIpc) is 3.43. The molecule has 10 heteroatoms. The van der Waals surface area contributed by atoms with Gasteiger partial charge < -0.3 is 19.4 Å². The Labute approximate surface area is 499 Å². The minimum absolute atomic E-state index is 0.0285. The van der Waals surface area contributed by atoms with Gasteiger partial charge in [0, 0.05) is 12.8 Å². The zero-order chi connectivity index (χ0) is 59.3. The Bertz CT molecular complexity index is 1800. The fourth-order valence-electron chi connectivity index (χ4n) is 8.83. The molecular weight excluding hydrogens is 1020 g/mol. The molecule has 0 saturated carbocycles. The molecule has 9 nitrogen and oxygen atoms in total. The molecule has 0 bridgehead atoms. The van der Waals surface area contributed by atoms with Crippen molar-refractivity contribution < 1.29 is 37.3 Å². The second-order valence-corrected chi connectivity index (χ2v) is 24.4. The van der Waals surface area contributed by atoms with Crippen LogP contribution in [0.4, 0.5) is 0 Å². The molecule has 3 unspecified atom stereocenters. The van der Waals surface area contributed by atoms with Crippen molar-refractivity contribution in [1.29, 1.82) is 0 Å². The third-order valence-electron chi connectivity index (χ3n) is 13.9. The lowest BCUT2D eigenvalue weighted by atomic mass is 10.1. The predicted octanol–water partition coefficient (Wildman–Crippen LogP) is 20.7. The molecule has 0 aromatic heterocycles. The lowest BCUT2D eigenvalue weighted by Gasteiger charge is -2.27. The van der Waals surface area contributed by atoms with E-state index in [1.807, 2.05) is 33.3 Å². The van der Waals surface area contributed by atoms with Crippen LogP contribution in [0.25, 0.3) is 0 Å². The fourth-order valence-corrected chi connectivity index (χ4v) is 9.57. The smallest absolute Gasteiger partial charge is 0.456 e. The number of rotatable bonds is 58. The van der Waals surface area contributed by atoms with E-state index < -0.39 is 20.0 Å². The van der Waals surface area contributed by atoms with E-state index in [1.165, 1.54) is 70.6 Å². The number of allylic oxidation sites excluding steroid dienone is 19. The Morgan fingerprint density at radius 1 is 0.444 bits per heavy atom. The topological polar surface area (TPSA) is 111 Å². The third kappa shape index (κ3) is 60.8. The number of esters is 1. The van der Waals surface area contributed by atoms with Crippen molar-refractivity contribution in [2.75, 3.05) is 40.9 Å². The van der Waals surface area contributed by atoms with Crippen LogP contribution in [0.2, 0.25) is 0 Å². The molecule has 464 valence electrons. The number of likely N-dealkylation sites (N-methyl/N-ethyl adjacent to an activating group) is 1. The second-order valence-electron chi connectivity index (χ2n) is 22.9. The molecule has 0 rings (SSSR count). The van der Waals surface area contributed by atoms with Gasteiger partial charge in [-0.05, 0) is 122 Å². The van der Waals surface area contributed by atoms with E-state index in [0.29, 0.717) is 23.9 Å². The van der Waals surface area contributed by atoms with Crippen LogP contribution in [-0.4, -0.2) is 74.3 Å². The molecule has 0 aliphatic rings. The highest BCUT2D eigenvalue weighted by molar-refractivity contribution is 7.47. The van der Waals surface area contributed by atoms with Gasteiger partial charge in [-0.15, -0.1) is 0 Å². The van der Waals surface area contributed by atoms with Gasteiger partial charge in [0.15, 0.2) is 0 Å². The van der Waals surface area contributed by atoms with Gasteiger partial charge in [-0.3, -0.25) is 18.6 Å². The predicted molar refractivity (Wildman–Crippen MR) is 350 cm³/mol.